The molecule has 0 radical (unpaired) electrons. The van der Waals surface area contributed by atoms with Gasteiger partial charge in [-0.2, -0.15) is 0 Å². The minimum absolute atomic E-state index is 0.134. The molecule has 0 aliphatic carbocycles. The largest absolute Gasteiger partial charge is 0.395 e. The Bertz CT molecular complexity index is 440. The van der Waals surface area contributed by atoms with Crippen LogP contribution in [0, 0.1) is 0 Å². The maximum absolute atomic E-state index is 12.3. The van der Waals surface area contributed by atoms with E-state index in [4.69, 9.17) is 10.8 Å². The zero-order chi connectivity index (χ0) is 13.7. The first-order chi connectivity index (χ1) is 9.20. The summed E-state index contributed by atoms with van der Waals surface area (Å²) in [6, 6.07) is 0. The van der Waals surface area contributed by atoms with Crippen molar-refractivity contribution in [2.45, 2.75) is 6.42 Å². The second kappa shape index (κ2) is 6.44. The molecule has 7 heteroatoms. The van der Waals surface area contributed by atoms with Crippen LogP contribution in [-0.2, 0) is 0 Å². The third kappa shape index (κ3) is 3.62. The highest BCUT2D eigenvalue weighted by Gasteiger charge is 2.21. The zero-order valence-corrected chi connectivity index (χ0v) is 10.8. The fourth-order valence-electron chi connectivity index (χ4n) is 2.19. The lowest BCUT2D eigenvalue weighted by molar-refractivity contribution is 0.0754. The van der Waals surface area contributed by atoms with Crippen LogP contribution in [0.15, 0.2) is 12.4 Å². The summed E-state index contributed by atoms with van der Waals surface area (Å²) in [4.78, 5) is 24.1. The van der Waals surface area contributed by atoms with Gasteiger partial charge >= 0.3 is 0 Å². The first kappa shape index (κ1) is 13.7. The van der Waals surface area contributed by atoms with E-state index < -0.39 is 0 Å². The van der Waals surface area contributed by atoms with E-state index in [-0.39, 0.29) is 24.0 Å². The average Bonchev–Trinajstić information content (AvgIpc) is 2.64. The molecule has 1 aliphatic heterocycles. The molecule has 0 unspecified atom stereocenters. The standard InChI is InChI=1S/C12H19N5O2/c13-11-9-14-8-10(15-11)12(19)17-3-1-2-16(4-5-17)6-7-18/h8-9,18H,1-7H2,(H2,13,15). The van der Waals surface area contributed by atoms with E-state index in [0.717, 1.165) is 19.5 Å². The number of amides is 1. The number of rotatable bonds is 3. The number of nitrogen functional groups attached to an aromatic ring is 1. The van der Waals surface area contributed by atoms with Crippen LogP contribution in [0.2, 0.25) is 0 Å². The summed E-state index contributed by atoms with van der Waals surface area (Å²) in [6.07, 6.45) is 3.75. The minimum Gasteiger partial charge on any atom is -0.395 e. The number of aliphatic hydroxyl groups excluding tert-OH is 1. The molecule has 0 saturated carbocycles. The molecule has 1 amide bonds. The Morgan fingerprint density at radius 1 is 1.32 bits per heavy atom. The number of nitrogens with zero attached hydrogens (tertiary/aromatic N) is 4. The molecule has 1 aromatic rings. The summed E-state index contributed by atoms with van der Waals surface area (Å²) >= 11 is 0. The lowest BCUT2D eigenvalue weighted by Gasteiger charge is -2.21. The Morgan fingerprint density at radius 2 is 2.16 bits per heavy atom. The van der Waals surface area contributed by atoms with Crippen molar-refractivity contribution in [3.63, 3.8) is 0 Å². The molecule has 1 aromatic heterocycles. The summed E-state index contributed by atoms with van der Waals surface area (Å²) < 4.78 is 0. The van der Waals surface area contributed by atoms with Gasteiger partial charge in [-0.05, 0) is 13.0 Å². The Kier molecular flexibility index (Phi) is 4.64. The number of β-amino-alcohol motifs (C(OH)–C–C–N with tert-alkyl or cyclic N) is 1. The molecule has 1 aliphatic rings. The minimum atomic E-state index is -0.134. The smallest absolute Gasteiger partial charge is 0.274 e. The molecule has 104 valence electrons. The van der Waals surface area contributed by atoms with Crippen LogP contribution < -0.4 is 5.73 Å². The molecule has 19 heavy (non-hydrogen) atoms. The molecule has 7 nitrogen and oxygen atoms in total. The molecule has 1 fully saturated rings. The van der Waals surface area contributed by atoms with Crippen molar-refractivity contribution >= 4 is 11.7 Å². The SMILES string of the molecule is Nc1cncc(C(=O)N2CCCN(CCO)CC2)n1. The van der Waals surface area contributed by atoms with Gasteiger partial charge in [0.2, 0.25) is 0 Å². The molecule has 0 spiro atoms. The predicted molar refractivity (Wildman–Crippen MR) is 70.5 cm³/mol. The van der Waals surface area contributed by atoms with Crippen molar-refractivity contribution in [3.05, 3.63) is 18.1 Å². The number of carbonyl (C=O) groups is 1. The van der Waals surface area contributed by atoms with Gasteiger partial charge in [-0.25, -0.2) is 4.98 Å². The van der Waals surface area contributed by atoms with E-state index in [1.54, 1.807) is 4.90 Å². The van der Waals surface area contributed by atoms with Gasteiger partial charge in [0.15, 0.2) is 0 Å². The van der Waals surface area contributed by atoms with Gasteiger partial charge < -0.3 is 15.7 Å². The molecule has 0 bridgehead atoms. The number of anilines is 1. The molecule has 2 rings (SSSR count). The highest BCUT2D eigenvalue weighted by Crippen LogP contribution is 2.08. The Hall–Kier alpha value is -1.73. The molecule has 1 saturated heterocycles. The summed E-state index contributed by atoms with van der Waals surface area (Å²) in [5.74, 6) is 0.119. The molecule has 0 atom stereocenters. The van der Waals surface area contributed by atoms with E-state index >= 15 is 0 Å². The van der Waals surface area contributed by atoms with Crippen LogP contribution in [0.3, 0.4) is 0 Å². The molecular formula is C12H19N5O2. The third-order valence-corrected chi connectivity index (χ3v) is 3.16. The van der Waals surface area contributed by atoms with Gasteiger partial charge in [0.25, 0.3) is 5.91 Å². The second-order valence-electron chi connectivity index (χ2n) is 4.54. The van der Waals surface area contributed by atoms with E-state index in [0.29, 0.717) is 19.6 Å². The van der Waals surface area contributed by atoms with Gasteiger partial charge in [0, 0.05) is 26.2 Å². The fourth-order valence-corrected chi connectivity index (χ4v) is 2.19. The van der Waals surface area contributed by atoms with Crippen LogP contribution in [0.1, 0.15) is 16.9 Å². The quantitative estimate of drug-likeness (QED) is 0.743. The number of nitrogens with two attached hydrogens (primary N) is 1. The van der Waals surface area contributed by atoms with Gasteiger partial charge in [0.1, 0.15) is 11.5 Å². The van der Waals surface area contributed by atoms with Crippen molar-refractivity contribution in [1.82, 2.24) is 19.8 Å². The van der Waals surface area contributed by atoms with Crippen molar-refractivity contribution in [2.24, 2.45) is 0 Å². The average molecular weight is 265 g/mol. The Balaban J connectivity index is 2.00. The maximum Gasteiger partial charge on any atom is 0.274 e. The van der Waals surface area contributed by atoms with E-state index in [1.807, 2.05) is 0 Å². The Labute approximate surface area is 112 Å². The molecule has 2 heterocycles. The van der Waals surface area contributed by atoms with Crippen LogP contribution >= 0.6 is 0 Å². The first-order valence-electron chi connectivity index (χ1n) is 6.40. The number of aromatic nitrogens is 2. The van der Waals surface area contributed by atoms with Crippen molar-refractivity contribution < 1.29 is 9.90 Å². The Morgan fingerprint density at radius 3 is 2.89 bits per heavy atom. The first-order valence-corrected chi connectivity index (χ1v) is 6.40. The topological polar surface area (TPSA) is 95.6 Å². The fraction of sp³-hybridized carbons (Fsp3) is 0.583. The molecule has 0 aromatic carbocycles. The lowest BCUT2D eigenvalue weighted by atomic mass is 10.3. The summed E-state index contributed by atoms with van der Waals surface area (Å²) in [7, 11) is 0. The lowest BCUT2D eigenvalue weighted by Crippen LogP contribution is -2.36. The van der Waals surface area contributed by atoms with Crippen LogP contribution in [0.4, 0.5) is 5.82 Å². The van der Waals surface area contributed by atoms with Gasteiger partial charge in [-0.3, -0.25) is 14.7 Å². The van der Waals surface area contributed by atoms with Gasteiger partial charge in [-0.15, -0.1) is 0 Å². The van der Waals surface area contributed by atoms with Gasteiger partial charge in [0.05, 0.1) is 19.0 Å². The summed E-state index contributed by atoms with van der Waals surface area (Å²) in [5.41, 5.74) is 5.83. The van der Waals surface area contributed by atoms with Gasteiger partial charge in [-0.1, -0.05) is 0 Å². The van der Waals surface area contributed by atoms with E-state index in [9.17, 15) is 4.79 Å². The molecule has 3 N–H and O–H groups in total. The van der Waals surface area contributed by atoms with Crippen LogP contribution in [-0.4, -0.2) is 70.1 Å². The number of hydrogen-bond acceptors (Lipinski definition) is 6. The summed E-state index contributed by atoms with van der Waals surface area (Å²) in [6.45, 7) is 3.79. The van der Waals surface area contributed by atoms with E-state index in [1.165, 1.54) is 12.4 Å². The highest BCUT2D eigenvalue weighted by atomic mass is 16.3. The normalized spacial score (nSPS) is 17.2. The molecular weight excluding hydrogens is 246 g/mol. The number of carbonyl (C=O) groups excluding carboxylic acids is 1. The van der Waals surface area contributed by atoms with Crippen LogP contribution in [0.5, 0.6) is 0 Å². The zero-order valence-electron chi connectivity index (χ0n) is 10.8. The summed E-state index contributed by atoms with van der Waals surface area (Å²) in [5, 5.41) is 8.94. The second-order valence-corrected chi connectivity index (χ2v) is 4.54. The third-order valence-electron chi connectivity index (χ3n) is 3.16. The monoisotopic (exact) mass is 265 g/mol. The predicted octanol–water partition coefficient (Wildman–Crippen LogP) is -0.801. The number of aliphatic hydroxyl groups is 1. The van der Waals surface area contributed by atoms with Crippen molar-refractivity contribution in [2.75, 3.05) is 45.1 Å². The number of hydrogen-bond donors (Lipinski definition) is 2. The van der Waals surface area contributed by atoms with Crippen molar-refractivity contribution in [3.8, 4) is 0 Å². The highest BCUT2D eigenvalue weighted by molar-refractivity contribution is 5.92. The van der Waals surface area contributed by atoms with Crippen molar-refractivity contribution in [1.29, 1.82) is 0 Å². The van der Waals surface area contributed by atoms with E-state index in [2.05, 4.69) is 14.9 Å². The maximum atomic E-state index is 12.3. The van der Waals surface area contributed by atoms with Crippen LogP contribution in [0.25, 0.3) is 0 Å².